The van der Waals surface area contributed by atoms with Crippen molar-refractivity contribution in [2.24, 2.45) is 0 Å². The molecule has 0 fully saturated rings. The molecule has 0 amide bonds. The Bertz CT molecular complexity index is 475. The number of aromatic carboxylic acids is 1. The molecule has 104 valence electrons. The van der Waals surface area contributed by atoms with E-state index in [4.69, 9.17) is 9.84 Å². The van der Waals surface area contributed by atoms with Crippen molar-refractivity contribution in [3.8, 4) is 0 Å². The molecule has 19 heavy (non-hydrogen) atoms. The third kappa shape index (κ3) is 3.65. The molecule has 7 heteroatoms. The first-order valence-corrected chi connectivity index (χ1v) is 5.76. The summed E-state index contributed by atoms with van der Waals surface area (Å²) in [6.07, 6.45) is 0. The molecule has 0 aliphatic heterocycles. The number of nitro groups is 1. The van der Waals surface area contributed by atoms with Crippen LogP contribution in [0.5, 0.6) is 0 Å². The van der Waals surface area contributed by atoms with Crippen LogP contribution in [0, 0.1) is 10.1 Å². The van der Waals surface area contributed by atoms with Crippen LogP contribution in [0.25, 0.3) is 0 Å². The number of methoxy groups -OCH3 is 1. The van der Waals surface area contributed by atoms with Crippen LogP contribution in [0.2, 0.25) is 0 Å². The van der Waals surface area contributed by atoms with Crippen molar-refractivity contribution in [3.05, 3.63) is 33.9 Å². The van der Waals surface area contributed by atoms with Gasteiger partial charge in [-0.25, -0.2) is 4.79 Å². The zero-order chi connectivity index (χ0) is 14.4. The number of carbonyl (C=O) groups is 1. The predicted molar refractivity (Wildman–Crippen MR) is 69.8 cm³/mol. The van der Waals surface area contributed by atoms with Gasteiger partial charge in [0, 0.05) is 26.3 Å². The SMILES string of the molecule is CCN(CCOC)c1ccc(C(=O)O)cc1[N+](=O)[O-]. The summed E-state index contributed by atoms with van der Waals surface area (Å²) in [5.74, 6) is -1.19. The van der Waals surface area contributed by atoms with E-state index in [0.29, 0.717) is 25.4 Å². The third-order valence-corrected chi connectivity index (χ3v) is 2.71. The normalized spacial score (nSPS) is 10.2. The number of nitrogens with zero attached hydrogens (tertiary/aromatic N) is 2. The molecule has 0 aromatic heterocycles. The highest BCUT2D eigenvalue weighted by molar-refractivity contribution is 5.89. The number of rotatable bonds is 7. The monoisotopic (exact) mass is 268 g/mol. The lowest BCUT2D eigenvalue weighted by molar-refractivity contribution is -0.384. The number of carboxylic acid groups (broad SMARTS) is 1. The second kappa shape index (κ2) is 6.69. The van der Waals surface area contributed by atoms with Gasteiger partial charge < -0.3 is 14.7 Å². The van der Waals surface area contributed by atoms with Crippen LogP contribution in [-0.2, 0) is 4.74 Å². The van der Waals surface area contributed by atoms with Crippen LogP contribution in [0.4, 0.5) is 11.4 Å². The summed E-state index contributed by atoms with van der Waals surface area (Å²) in [6, 6.07) is 3.90. The lowest BCUT2D eigenvalue weighted by Gasteiger charge is -2.22. The van der Waals surface area contributed by atoms with Crippen LogP contribution in [0.15, 0.2) is 18.2 Å². The predicted octanol–water partition coefficient (Wildman–Crippen LogP) is 1.77. The second-order valence-corrected chi connectivity index (χ2v) is 3.84. The van der Waals surface area contributed by atoms with Gasteiger partial charge in [-0.2, -0.15) is 0 Å². The average molecular weight is 268 g/mol. The molecule has 0 saturated carbocycles. The van der Waals surface area contributed by atoms with Gasteiger partial charge in [-0.3, -0.25) is 10.1 Å². The van der Waals surface area contributed by atoms with E-state index in [1.54, 1.807) is 12.0 Å². The Balaban J connectivity index is 3.17. The van der Waals surface area contributed by atoms with Crippen molar-refractivity contribution in [2.75, 3.05) is 31.7 Å². The zero-order valence-electron chi connectivity index (χ0n) is 10.8. The van der Waals surface area contributed by atoms with Crippen molar-refractivity contribution in [2.45, 2.75) is 6.92 Å². The molecular weight excluding hydrogens is 252 g/mol. The largest absolute Gasteiger partial charge is 0.478 e. The lowest BCUT2D eigenvalue weighted by atomic mass is 10.1. The maximum absolute atomic E-state index is 11.0. The number of ether oxygens (including phenoxy) is 1. The van der Waals surface area contributed by atoms with E-state index >= 15 is 0 Å². The Morgan fingerprint density at radius 2 is 2.21 bits per heavy atom. The van der Waals surface area contributed by atoms with Gasteiger partial charge in [0.05, 0.1) is 17.1 Å². The molecule has 0 unspecified atom stereocenters. The molecular formula is C12H16N2O5. The van der Waals surface area contributed by atoms with E-state index in [1.807, 2.05) is 6.92 Å². The van der Waals surface area contributed by atoms with Crippen molar-refractivity contribution in [1.29, 1.82) is 0 Å². The first-order chi connectivity index (χ1) is 9.01. The first-order valence-electron chi connectivity index (χ1n) is 5.76. The smallest absolute Gasteiger partial charge is 0.335 e. The molecule has 0 spiro atoms. The van der Waals surface area contributed by atoms with Crippen LogP contribution in [-0.4, -0.2) is 42.8 Å². The van der Waals surface area contributed by atoms with Crippen LogP contribution in [0.3, 0.4) is 0 Å². The average Bonchev–Trinajstić information content (AvgIpc) is 2.39. The number of likely N-dealkylation sites (N-methyl/N-ethyl adjacent to an activating group) is 1. The summed E-state index contributed by atoms with van der Waals surface area (Å²) < 4.78 is 4.95. The molecule has 0 atom stereocenters. The molecule has 1 rings (SSSR count). The number of benzene rings is 1. The molecule has 0 heterocycles. The first kappa shape index (κ1) is 14.9. The highest BCUT2D eigenvalue weighted by atomic mass is 16.6. The van der Waals surface area contributed by atoms with Crippen LogP contribution in [0.1, 0.15) is 17.3 Å². The summed E-state index contributed by atoms with van der Waals surface area (Å²) in [7, 11) is 1.55. The third-order valence-electron chi connectivity index (χ3n) is 2.71. The number of carboxylic acids is 1. The zero-order valence-corrected chi connectivity index (χ0v) is 10.8. The standard InChI is InChI=1S/C12H16N2O5/c1-3-13(6-7-19-2)10-5-4-9(12(15)16)8-11(10)14(17)18/h4-5,8H,3,6-7H2,1-2H3,(H,15,16). The van der Waals surface area contributed by atoms with Crippen molar-refractivity contribution in [3.63, 3.8) is 0 Å². The molecule has 0 saturated heterocycles. The maximum Gasteiger partial charge on any atom is 0.335 e. The Kier molecular flexibility index (Phi) is 5.25. The fourth-order valence-electron chi connectivity index (χ4n) is 1.72. The van der Waals surface area contributed by atoms with Gasteiger partial charge in [0.1, 0.15) is 5.69 Å². The van der Waals surface area contributed by atoms with E-state index in [9.17, 15) is 14.9 Å². The number of nitro benzene ring substituents is 1. The van der Waals surface area contributed by atoms with Gasteiger partial charge in [0.15, 0.2) is 0 Å². The molecule has 1 aromatic carbocycles. The van der Waals surface area contributed by atoms with Gasteiger partial charge in [0.25, 0.3) is 5.69 Å². The van der Waals surface area contributed by atoms with Crippen LogP contribution < -0.4 is 4.90 Å². The van der Waals surface area contributed by atoms with Crippen molar-refractivity contribution < 1.29 is 19.6 Å². The quantitative estimate of drug-likeness (QED) is 0.598. The maximum atomic E-state index is 11.0. The molecule has 7 nitrogen and oxygen atoms in total. The van der Waals surface area contributed by atoms with E-state index in [-0.39, 0.29) is 11.3 Å². The minimum absolute atomic E-state index is 0.0988. The molecule has 0 bridgehead atoms. The minimum Gasteiger partial charge on any atom is -0.478 e. The van der Waals surface area contributed by atoms with Gasteiger partial charge in [-0.1, -0.05) is 0 Å². The highest BCUT2D eigenvalue weighted by Gasteiger charge is 2.20. The van der Waals surface area contributed by atoms with Crippen molar-refractivity contribution >= 4 is 17.3 Å². The topological polar surface area (TPSA) is 92.9 Å². The minimum atomic E-state index is -1.19. The Morgan fingerprint density at radius 3 is 2.68 bits per heavy atom. The Labute approximate surface area is 110 Å². The summed E-state index contributed by atoms with van der Waals surface area (Å²) in [6.45, 7) is 3.37. The Morgan fingerprint density at radius 1 is 1.53 bits per heavy atom. The fraction of sp³-hybridized carbons (Fsp3) is 0.417. The summed E-state index contributed by atoms with van der Waals surface area (Å²) in [4.78, 5) is 23.1. The molecule has 1 aromatic rings. The summed E-state index contributed by atoms with van der Waals surface area (Å²) >= 11 is 0. The van der Waals surface area contributed by atoms with E-state index in [2.05, 4.69) is 0 Å². The molecule has 1 N–H and O–H groups in total. The fourth-order valence-corrected chi connectivity index (χ4v) is 1.72. The Hall–Kier alpha value is -2.15. The lowest BCUT2D eigenvalue weighted by Crippen LogP contribution is -2.27. The molecule has 0 radical (unpaired) electrons. The van der Waals surface area contributed by atoms with Crippen molar-refractivity contribution in [1.82, 2.24) is 0 Å². The highest BCUT2D eigenvalue weighted by Crippen LogP contribution is 2.29. The number of hydrogen-bond donors (Lipinski definition) is 1. The number of anilines is 1. The summed E-state index contributed by atoms with van der Waals surface area (Å²) in [5, 5.41) is 19.9. The number of hydrogen-bond acceptors (Lipinski definition) is 5. The van der Waals surface area contributed by atoms with E-state index in [1.165, 1.54) is 12.1 Å². The summed E-state index contributed by atoms with van der Waals surface area (Å²) in [5.41, 5.74) is 0.0886. The van der Waals surface area contributed by atoms with E-state index in [0.717, 1.165) is 6.07 Å². The van der Waals surface area contributed by atoms with Gasteiger partial charge >= 0.3 is 5.97 Å². The van der Waals surface area contributed by atoms with Gasteiger partial charge in [-0.05, 0) is 19.1 Å². The van der Waals surface area contributed by atoms with Gasteiger partial charge in [0.2, 0.25) is 0 Å². The second-order valence-electron chi connectivity index (χ2n) is 3.84. The van der Waals surface area contributed by atoms with E-state index < -0.39 is 10.9 Å². The van der Waals surface area contributed by atoms with Gasteiger partial charge in [-0.15, -0.1) is 0 Å². The molecule has 0 aliphatic rings. The van der Waals surface area contributed by atoms with Crippen LogP contribution >= 0.6 is 0 Å². The molecule has 0 aliphatic carbocycles.